The van der Waals surface area contributed by atoms with Gasteiger partial charge in [-0.3, -0.25) is 9.59 Å². The number of aliphatic hydroxyl groups is 4. The van der Waals surface area contributed by atoms with Crippen molar-refractivity contribution in [3.8, 4) is 0 Å². The van der Waals surface area contributed by atoms with Crippen LogP contribution in [0.3, 0.4) is 0 Å². The molecule has 9 rings (SSSR count). The summed E-state index contributed by atoms with van der Waals surface area (Å²) in [4.78, 5) is 28.0. The van der Waals surface area contributed by atoms with Crippen molar-refractivity contribution in [3.05, 3.63) is 23.8 Å². The number of carbonyl (C=O) groups excluding carboxylic acids is 2. The highest BCUT2D eigenvalue weighted by molar-refractivity contribution is 5.86. The third kappa shape index (κ3) is 7.99. The number of aliphatic hydroxyl groups excluding tert-OH is 3. The second-order valence-corrected chi connectivity index (χ2v) is 21.4. The van der Waals surface area contributed by atoms with Gasteiger partial charge in [0.25, 0.3) is 0 Å². The fourth-order valence-electron chi connectivity index (χ4n) is 12.5. The summed E-state index contributed by atoms with van der Waals surface area (Å²) in [6.45, 7) is 13.7. The minimum absolute atomic E-state index is 0.000256. The first kappa shape index (κ1) is 45.3. The van der Waals surface area contributed by atoms with Crippen LogP contribution in [0.5, 0.6) is 0 Å². The van der Waals surface area contributed by atoms with E-state index < -0.39 is 107 Å². The molecule has 20 atom stereocenters. The monoisotopic (exact) mass is 874 g/mol. The van der Waals surface area contributed by atoms with E-state index in [1.807, 2.05) is 13.0 Å². The summed E-state index contributed by atoms with van der Waals surface area (Å²) in [5.74, 6) is -6.12. The van der Waals surface area contributed by atoms with E-state index in [0.29, 0.717) is 57.8 Å². The molecule has 0 aromatic heterocycles. The van der Waals surface area contributed by atoms with E-state index in [-0.39, 0.29) is 36.8 Å². The molecule has 2 spiro atoms. The van der Waals surface area contributed by atoms with Gasteiger partial charge in [-0.25, -0.2) is 0 Å². The SMILES string of the molecule is CC1=CC(C)CC2(C)CCC(O2)C23CCC(C)(CC(O2)C2OC(C)(CC2=O)C(O)C2CCC4(CCCC(O4)C(C)C(=O)OC4C(C=C1)OC(C1(O)OCCC(C)C1O)C4O)O2)O3. The Labute approximate surface area is 365 Å². The van der Waals surface area contributed by atoms with E-state index in [1.54, 1.807) is 26.8 Å². The summed E-state index contributed by atoms with van der Waals surface area (Å²) in [6.07, 6.45) is 2.25. The van der Waals surface area contributed by atoms with Crippen molar-refractivity contribution in [2.75, 3.05) is 6.61 Å². The fraction of sp³-hybridized carbons (Fsp3) is 0.872. The third-order valence-corrected chi connectivity index (χ3v) is 16.0. The lowest BCUT2D eigenvalue weighted by atomic mass is 9.86. The van der Waals surface area contributed by atoms with Crippen molar-refractivity contribution in [2.24, 2.45) is 17.8 Å². The highest BCUT2D eigenvalue weighted by atomic mass is 16.8. The summed E-state index contributed by atoms with van der Waals surface area (Å²) in [6, 6.07) is 0. The molecule has 0 aromatic carbocycles. The Kier molecular flexibility index (Phi) is 11.8. The van der Waals surface area contributed by atoms with E-state index in [2.05, 4.69) is 26.8 Å². The van der Waals surface area contributed by atoms with Gasteiger partial charge in [0.2, 0.25) is 5.79 Å². The molecule has 9 aliphatic rings. The number of carbonyl (C=O) groups is 2. The maximum Gasteiger partial charge on any atom is 0.311 e. The summed E-state index contributed by atoms with van der Waals surface area (Å²) in [7, 11) is 0. The molecule has 0 saturated carbocycles. The highest BCUT2D eigenvalue weighted by Gasteiger charge is 2.65. The van der Waals surface area contributed by atoms with Crippen LogP contribution in [0.1, 0.15) is 132 Å². The standard InChI is InChI=1S/C47H70O15/c1-25-10-11-31-37(35(49)40(55-31)47(53)38(50)27(3)14-20-54-47)56-41(52)28(4)30-9-8-15-45(57-30)17-12-32(58-45)39(51)44(7)23-29(48)36(61-44)33-24-43(6)18-19-46(59-33,62-43)34-13-16-42(5,60-34)22-26(2)21-25/h10-11,21,26-28,30-40,49-51,53H,8-9,12-20,22-24H2,1-7H3. The van der Waals surface area contributed by atoms with Crippen molar-refractivity contribution in [1.29, 1.82) is 0 Å². The van der Waals surface area contributed by atoms with Gasteiger partial charge in [0.15, 0.2) is 23.5 Å². The predicted octanol–water partition coefficient (Wildman–Crippen LogP) is 4.22. The average molecular weight is 875 g/mol. The number of ether oxygens (including phenoxy) is 9. The molecule has 4 N–H and O–H groups in total. The van der Waals surface area contributed by atoms with Crippen molar-refractivity contribution < 1.29 is 72.6 Å². The lowest BCUT2D eigenvalue weighted by molar-refractivity contribution is -0.359. The van der Waals surface area contributed by atoms with Gasteiger partial charge in [-0.2, -0.15) is 0 Å². The molecule has 10 bridgehead atoms. The van der Waals surface area contributed by atoms with Crippen LogP contribution < -0.4 is 0 Å². The molecule has 8 fully saturated rings. The quantitative estimate of drug-likeness (QED) is 0.273. The zero-order chi connectivity index (χ0) is 44.2. The van der Waals surface area contributed by atoms with Crippen molar-refractivity contribution >= 4 is 11.8 Å². The number of hydrogen-bond donors (Lipinski definition) is 4. The van der Waals surface area contributed by atoms with Crippen LogP contribution >= 0.6 is 0 Å². The predicted molar refractivity (Wildman–Crippen MR) is 219 cm³/mol. The molecule has 9 heterocycles. The fourth-order valence-corrected chi connectivity index (χ4v) is 12.5. The number of allylic oxidation sites excluding steroid dienone is 3. The number of hydrogen-bond acceptors (Lipinski definition) is 15. The smallest absolute Gasteiger partial charge is 0.311 e. The van der Waals surface area contributed by atoms with Crippen LogP contribution in [-0.4, -0.2) is 140 Å². The number of esters is 1. The molecule has 0 amide bonds. The number of fused-ring (bicyclic) bond motifs is 10. The van der Waals surface area contributed by atoms with Crippen LogP contribution in [0.4, 0.5) is 0 Å². The third-order valence-electron chi connectivity index (χ3n) is 16.0. The van der Waals surface area contributed by atoms with Gasteiger partial charge in [0.05, 0.1) is 42.0 Å². The van der Waals surface area contributed by atoms with Crippen LogP contribution in [0.2, 0.25) is 0 Å². The van der Waals surface area contributed by atoms with Gasteiger partial charge in [-0.1, -0.05) is 37.6 Å². The lowest BCUT2D eigenvalue weighted by Gasteiger charge is -2.47. The zero-order valence-corrected chi connectivity index (χ0v) is 37.5. The van der Waals surface area contributed by atoms with E-state index in [1.165, 1.54) is 0 Å². The van der Waals surface area contributed by atoms with Crippen LogP contribution in [0.15, 0.2) is 23.8 Å². The Bertz CT molecular complexity index is 1790. The van der Waals surface area contributed by atoms with E-state index >= 15 is 0 Å². The van der Waals surface area contributed by atoms with Gasteiger partial charge in [-0.15, -0.1) is 0 Å². The summed E-state index contributed by atoms with van der Waals surface area (Å²) >= 11 is 0. The van der Waals surface area contributed by atoms with Crippen LogP contribution in [0, 0.1) is 17.8 Å². The average Bonchev–Trinajstić information content (AvgIpc) is 4.02. The molecule has 0 radical (unpaired) electrons. The minimum atomic E-state index is -2.23. The van der Waals surface area contributed by atoms with E-state index in [9.17, 15) is 30.0 Å². The van der Waals surface area contributed by atoms with Gasteiger partial charge in [0.1, 0.15) is 48.3 Å². The maximum atomic E-state index is 14.1. The molecule has 15 heteroatoms. The molecule has 20 unspecified atom stereocenters. The van der Waals surface area contributed by atoms with Gasteiger partial charge in [-0.05, 0) is 97.8 Å². The van der Waals surface area contributed by atoms with Gasteiger partial charge in [0, 0.05) is 32.1 Å². The molecule has 348 valence electrons. The molecule has 15 nitrogen and oxygen atoms in total. The summed E-state index contributed by atoms with van der Waals surface area (Å²) < 4.78 is 58.6. The number of rotatable bonds is 1. The van der Waals surface area contributed by atoms with Crippen LogP contribution in [-0.2, 0) is 52.2 Å². The largest absolute Gasteiger partial charge is 0.456 e. The van der Waals surface area contributed by atoms with Crippen molar-refractivity contribution in [2.45, 2.75) is 233 Å². The molecule has 9 aliphatic heterocycles. The van der Waals surface area contributed by atoms with Crippen molar-refractivity contribution in [3.63, 3.8) is 0 Å². The first-order valence-corrected chi connectivity index (χ1v) is 23.4. The molecular formula is C47H70O15. The topological polar surface area (TPSA) is 198 Å². The van der Waals surface area contributed by atoms with E-state index in [4.69, 9.17) is 42.6 Å². The number of ketones is 1. The van der Waals surface area contributed by atoms with Gasteiger partial charge < -0.3 is 63.1 Å². The highest BCUT2D eigenvalue weighted by Crippen LogP contribution is 2.55. The minimum Gasteiger partial charge on any atom is -0.456 e. The first-order chi connectivity index (χ1) is 29.2. The maximum absolute atomic E-state index is 14.1. The molecule has 8 saturated heterocycles. The van der Waals surface area contributed by atoms with Crippen molar-refractivity contribution in [1.82, 2.24) is 0 Å². The normalized spacial score (nSPS) is 54.9. The Balaban J connectivity index is 1.01. The Morgan fingerprint density at radius 2 is 1.55 bits per heavy atom. The Morgan fingerprint density at radius 1 is 0.774 bits per heavy atom. The second-order valence-electron chi connectivity index (χ2n) is 21.4. The van der Waals surface area contributed by atoms with Gasteiger partial charge >= 0.3 is 5.97 Å². The summed E-state index contributed by atoms with van der Waals surface area (Å²) in [5, 5.41) is 46.6. The lowest BCUT2D eigenvalue weighted by Crippen LogP contribution is -2.62. The Hall–Kier alpha value is -1.86. The number of Topliss-reactive ketones (excluding diaryl/α,β-unsaturated/α-hetero) is 1. The second kappa shape index (κ2) is 16.2. The first-order valence-electron chi connectivity index (χ1n) is 23.4. The Morgan fingerprint density at radius 3 is 2.34 bits per heavy atom. The zero-order valence-electron chi connectivity index (χ0n) is 37.5. The molecule has 0 aromatic rings. The summed E-state index contributed by atoms with van der Waals surface area (Å²) in [5.41, 5.74) is -1.34. The molecule has 62 heavy (non-hydrogen) atoms. The van der Waals surface area contributed by atoms with Crippen LogP contribution in [0.25, 0.3) is 0 Å². The van der Waals surface area contributed by atoms with E-state index in [0.717, 1.165) is 24.8 Å². The molecular weight excluding hydrogens is 805 g/mol. The molecule has 0 aliphatic carbocycles.